The molecule has 0 aromatic heterocycles. The highest BCUT2D eigenvalue weighted by molar-refractivity contribution is 7.47. The maximum absolute atomic E-state index is 13.0. The summed E-state index contributed by atoms with van der Waals surface area (Å²) < 4.78 is 68.0. The van der Waals surface area contributed by atoms with Crippen LogP contribution in [0.1, 0.15) is 369 Å². The van der Waals surface area contributed by atoms with Gasteiger partial charge in [-0.1, -0.05) is 317 Å². The van der Waals surface area contributed by atoms with Crippen LogP contribution in [0.3, 0.4) is 0 Å². The highest BCUT2D eigenvalue weighted by Gasteiger charge is 2.30. The van der Waals surface area contributed by atoms with Gasteiger partial charge in [0.05, 0.1) is 26.4 Å². The van der Waals surface area contributed by atoms with E-state index in [0.29, 0.717) is 31.6 Å². The lowest BCUT2D eigenvalue weighted by Crippen LogP contribution is -2.30. The molecule has 0 fully saturated rings. The molecule has 0 rings (SSSR count). The fraction of sp³-hybridized carbons (Fsp3) is 0.944. The van der Waals surface area contributed by atoms with Crippen LogP contribution in [-0.2, 0) is 65.4 Å². The van der Waals surface area contributed by atoms with Gasteiger partial charge in [-0.2, -0.15) is 0 Å². The summed E-state index contributed by atoms with van der Waals surface area (Å²) in [4.78, 5) is 72.2. The number of carbonyl (C=O) groups is 4. The number of unbranched alkanes of at least 4 members (excludes halogenated alkanes) is 43. The minimum atomic E-state index is -4.95. The van der Waals surface area contributed by atoms with Crippen LogP contribution in [0.25, 0.3) is 0 Å². The van der Waals surface area contributed by atoms with Crippen LogP contribution in [0.5, 0.6) is 0 Å². The van der Waals surface area contributed by atoms with Crippen LogP contribution in [0.2, 0.25) is 0 Å². The van der Waals surface area contributed by atoms with Crippen LogP contribution >= 0.6 is 15.6 Å². The van der Waals surface area contributed by atoms with Crippen molar-refractivity contribution in [1.82, 2.24) is 0 Å². The molecule has 5 atom stereocenters. The number of rotatable bonds is 71. The molecule has 0 aliphatic heterocycles. The molecule has 0 saturated heterocycles. The molecule has 0 bridgehead atoms. The molecule has 3 N–H and O–H groups in total. The third kappa shape index (κ3) is 64.8. The zero-order chi connectivity index (χ0) is 66.3. The minimum absolute atomic E-state index is 0.102. The van der Waals surface area contributed by atoms with E-state index in [0.717, 1.165) is 96.3 Å². The third-order valence-electron chi connectivity index (χ3n) is 16.5. The van der Waals surface area contributed by atoms with Gasteiger partial charge in [0.15, 0.2) is 12.2 Å². The number of phosphoric acid groups is 2. The van der Waals surface area contributed by atoms with E-state index in [9.17, 15) is 43.2 Å². The maximum Gasteiger partial charge on any atom is 0.472 e. The first-order valence-corrected chi connectivity index (χ1v) is 40.1. The Morgan fingerprint density at radius 2 is 0.511 bits per heavy atom. The summed E-state index contributed by atoms with van der Waals surface area (Å²) in [5, 5.41) is 10.5. The molecule has 0 heterocycles. The zero-order valence-electron chi connectivity index (χ0n) is 58.3. The standard InChI is InChI=1S/C71H138O17P2/c1-6-9-12-15-17-19-21-23-25-27-28-29-30-32-34-36-38-40-46-51-56-70(75)87-67(61-82-69(74)55-50-45-39-37-35-33-31-26-24-22-20-18-16-13-10-7-2)63-86-90(79,80)84-59-65(72)58-83-89(77,78)85-62-66(60-81-68(73)54-49-43-14-11-8-3)88-71(76)57-52-47-42-41-44-48-53-64(4)5/h64-67,72H,6-63H2,1-5H3,(H,77,78)(H,79,80)/t65-,66+,67+/m0/s1. The van der Waals surface area contributed by atoms with Crippen molar-refractivity contribution >= 4 is 39.5 Å². The van der Waals surface area contributed by atoms with E-state index in [1.54, 1.807) is 0 Å². The molecule has 0 amide bonds. The van der Waals surface area contributed by atoms with Crippen molar-refractivity contribution in [2.24, 2.45) is 5.92 Å². The second-order valence-corrected chi connectivity index (χ2v) is 29.0. The molecule has 0 radical (unpaired) electrons. The summed E-state index contributed by atoms with van der Waals surface area (Å²) in [6.07, 6.45) is 52.1. The van der Waals surface area contributed by atoms with Gasteiger partial charge >= 0.3 is 39.5 Å². The van der Waals surface area contributed by atoms with E-state index >= 15 is 0 Å². The number of hydrogen-bond donors (Lipinski definition) is 3. The summed E-state index contributed by atoms with van der Waals surface area (Å²) >= 11 is 0. The Hall–Kier alpha value is -1.94. The first kappa shape index (κ1) is 88.1. The molecule has 0 spiro atoms. The number of carbonyl (C=O) groups excluding carboxylic acids is 4. The average molecular weight is 1330 g/mol. The first-order valence-electron chi connectivity index (χ1n) is 37.1. The Balaban J connectivity index is 5.12. The van der Waals surface area contributed by atoms with Gasteiger partial charge in [0.1, 0.15) is 19.3 Å². The number of aliphatic hydroxyl groups excluding tert-OH is 1. The summed E-state index contributed by atoms with van der Waals surface area (Å²) in [6.45, 7) is 7.07. The Bertz CT molecular complexity index is 1740. The van der Waals surface area contributed by atoms with Crippen molar-refractivity contribution in [2.75, 3.05) is 39.6 Å². The van der Waals surface area contributed by atoms with Crippen LogP contribution in [0, 0.1) is 5.92 Å². The van der Waals surface area contributed by atoms with E-state index in [1.807, 2.05) is 0 Å². The smallest absolute Gasteiger partial charge is 0.462 e. The molecule has 0 aromatic rings. The van der Waals surface area contributed by atoms with Crippen molar-refractivity contribution < 1.29 is 80.2 Å². The summed E-state index contributed by atoms with van der Waals surface area (Å²) in [7, 11) is -9.89. The van der Waals surface area contributed by atoms with E-state index < -0.39 is 97.5 Å². The SMILES string of the molecule is CCCCCCCCCCCCCCCCCCCCCCC(=O)O[C@H](COC(=O)CCCCCCCCCCCCCCCCCC)COP(=O)(O)OC[C@@H](O)COP(=O)(O)OC[C@@H](COC(=O)CCCCCCC)OC(=O)CCCCCCCCC(C)C. The quantitative estimate of drug-likeness (QED) is 0.0222. The minimum Gasteiger partial charge on any atom is -0.462 e. The van der Waals surface area contributed by atoms with Gasteiger partial charge in [-0.3, -0.25) is 37.3 Å². The van der Waals surface area contributed by atoms with Crippen molar-refractivity contribution in [1.29, 1.82) is 0 Å². The highest BCUT2D eigenvalue weighted by Crippen LogP contribution is 2.45. The van der Waals surface area contributed by atoms with E-state index in [1.165, 1.54) is 186 Å². The molecule has 2 unspecified atom stereocenters. The van der Waals surface area contributed by atoms with Gasteiger partial charge in [-0.05, 0) is 31.6 Å². The fourth-order valence-electron chi connectivity index (χ4n) is 10.8. The van der Waals surface area contributed by atoms with Crippen molar-refractivity contribution in [3.05, 3.63) is 0 Å². The molecule has 0 aliphatic rings. The summed E-state index contributed by atoms with van der Waals surface area (Å²) in [6, 6.07) is 0. The van der Waals surface area contributed by atoms with Gasteiger partial charge < -0.3 is 33.8 Å². The average Bonchev–Trinajstić information content (AvgIpc) is 3.54. The molecule has 90 heavy (non-hydrogen) atoms. The van der Waals surface area contributed by atoms with Crippen molar-refractivity contribution in [3.63, 3.8) is 0 Å². The number of esters is 4. The van der Waals surface area contributed by atoms with E-state index in [4.69, 9.17) is 37.0 Å². The van der Waals surface area contributed by atoms with Gasteiger partial charge in [0.2, 0.25) is 0 Å². The Morgan fingerprint density at radius 1 is 0.300 bits per heavy atom. The summed E-state index contributed by atoms with van der Waals surface area (Å²) in [5.74, 6) is -1.47. The van der Waals surface area contributed by atoms with Gasteiger partial charge in [-0.15, -0.1) is 0 Å². The largest absolute Gasteiger partial charge is 0.472 e. The topological polar surface area (TPSA) is 237 Å². The fourth-order valence-corrected chi connectivity index (χ4v) is 12.4. The molecule has 0 aliphatic carbocycles. The molecule has 0 aromatic carbocycles. The number of phosphoric ester groups is 2. The van der Waals surface area contributed by atoms with E-state index in [2.05, 4.69) is 34.6 Å². The molecule has 0 saturated carbocycles. The van der Waals surface area contributed by atoms with Crippen LogP contribution in [-0.4, -0.2) is 96.7 Å². The highest BCUT2D eigenvalue weighted by atomic mass is 31.2. The van der Waals surface area contributed by atoms with Gasteiger partial charge in [-0.25, -0.2) is 9.13 Å². The Labute approximate surface area is 549 Å². The maximum atomic E-state index is 13.0. The van der Waals surface area contributed by atoms with Gasteiger partial charge in [0.25, 0.3) is 0 Å². The third-order valence-corrected chi connectivity index (χ3v) is 18.4. The lowest BCUT2D eigenvalue weighted by atomic mass is 10.0. The second-order valence-electron chi connectivity index (χ2n) is 26.1. The lowest BCUT2D eigenvalue weighted by Gasteiger charge is -2.21. The van der Waals surface area contributed by atoms with Crippen molar-refractivity contribution in [2.45, 2.75) is 387 Å². The summed E-state index contributed by atoms with van der Waals surface area (Å²) in [5.41, 5.74) is 0. The van der Waals surface area contributed by atoms with Gasteiger partial charge in [0, 0.05) is 25.7 Å². The predicted molar refractivity (Wildman–Crippen MR) is 363 cm³/mol. The van der Waals surface area contributed by atoms with Crippen LogP contribution in [0.15, 0.2) is 0 Å². The molecular formula is C71H138O17P2. The molecule has 19 heteroatoms. The molecule has 17 nitrogen and oxygen atoms in total. The normalized spacial score (nSPS) is 14.1. The van der Waals surface area contributed by atoms with Crippen LogP contribution < -0.4 is 0 Å². The van der Waals surface area contributed by atoms with Crippen molar-refractivity contribution in [3.8, 4) is 0 Å². The molecule has 534 valence electrons. The lowest BCUT2D eigenvalue weighted by molar-refractivity contribution is -0.161. The number of aliphatic hydroxyl groups is 1. The number of hydrogen-bond acceptors (Lipinski definition) is 15. The Morgan fingerprint density at radius 3 is 0.756 bits per heavy atom. The van der Waals surface area contributed by atoms with Crippen LogP contribution in [0.4, 0.5) is 0 Å². The van der Waals surface area contributed by atoms with E-state index in [-0.39, 0.29) is 25.7 Å². The predicted octanol–water partition coefficient (Wildman–Crippen LogP) is 20.5. The zero-order valence-corrected chi connectivity index (χ0v) is 60.1. The molecular weight excluding hydrogens is 1190 g/mol. The second kappa shape index (κ2) is 64.4. The number of ether oxygens (including phenoxy) is 4. The first-order chi connectivity index (χ1) is 43.5. The monoisotopic (exact) mass is 1320 g/mol. The Kier molecular flexibility index (Phi) is 63.0.